The van der Waals surface area contributed by atoms with Crippen LogP contribution in [-0.2, 0) is 16.0 Å². The van der Waals surface area contributed by atoms with Crippen molar-refractivity contribution in [1.82, 2.24) is 30.0 Å². The number of carbonyl (C=O) groups is 2. The Labute approximate surface area is 167 Å². The van der Waals surface area contributed by atoms with Gasteiger partial charge >= 0.3 is 5.76 Å². The second-order valence-corrected chi connectivity index (χ2v) is 6.79. The van der Waals surface area contributed by atoms with Crippen LogP contribution in [0.15, 0.2) is 50.5 Å². The van der Waals surface area contributed by atoms with Gasteiger partial charge in [-0.2, -0.15) is 4.98 Å². The zero-order valence-electron chi connectivity index (χ0n) is 15.4. The molecule has 5 rings (SSSR count). The summed E-state index contributed by atoms with van der Waals surface area (Å²) in [5.41, 5.74) is 2.07. The fourth-order valence-corrected chi connectivity index (χ4v) is 3.43. The summed E-state index contributed by atoms with van der Waals surface area (Å²) in [7, 11) is 0. The van der Waals surface area contributed by atoms with E-state index in [0.29, 0.717) is 34.9 Å². The van der Waals surface area contributed by atoms with Crippen molar-refractivity contribution in [2.75, 3.05) is 0 Å². The standard InChI is InChI=1S/C19H14N6O5/c26-15-4-2-12(18(27)22-15)25-13-7-10(1-3-14(13)29-19(25)28)8-16-23-17(24-30-16)11-9-20-5-6-21-11/h1,3,5-7,9,12H,2,4,8H2,(H,22,26,27). The maximum atomic E-state index is 12.4. The third-order valence-electron chi connectivity index (χ3n) is 4.81. The largest absolute Gasteiger partial charge is 0.420 e. The first-order chi connectivity index (χ1) is 14.6. The molecule has 11 heteroatoms. The van der Waals surface area contributed by atoms with E-state index in [1.807, 2.05) is 0 Å². The molecule has 11 nitrogen and oxygen atoms in total. The summed E-state index contributed by atoms with van der Waals surface area (Å²) in [6.07, 6.45) is 5.30. The third kappa shape index (κ3) is 3.15. The zero-order valence-corrected chi connectivity index (χ0v) is 15.4. The van der Waals surface area contributed by atoms with Crippen molar-refractivity contribution in [3.63, 3.8) is 0 Å². The number of benzene rings is 1. The fourth-order valence-electron chi connectivity index (χ4n) is 3.43. The maximum Gasteiger partial charge on any atom is 0.420 e. The molecule has 1 aliphatic rings. The van der Waals surface area contributed by atoms with Crippen molar-refractivity contribution < 1.29 is 18.5 Å². The number of fused-ring (bicyclic) bond motifs is 1. The van der Waals surface area contributed by atoms with Gasteiger partial charge in [-0.3, -0.25) is 24.5 Å². The Hall–Kier alpha value is -4.15. The molecule has 0 saturated carbocycles. The Morgan fingerprint density at radius 1 is 1.20 bits per heavy atom. The number of rotatable bonds is 4. The van der Waals surface area contributed by atoms with Crippen LogP contribution < -0.4 is 11.1 Å². The van der Waals surface area contributed by atoms with Gasteiger partial charge in [-0.1, -0.05) is 11.2 Å². The molecule has 1 aromatic carbocycles. The quantitative estimate of drug-likeness (QED) is 0.490. The van der Waals surface area contributed by atoms with Crippen LogP contribution in [-0.4, -0.2) is 36.5 Å². The smallest absolute Gasteiger partial charge is 0.408 e. The minimum atomic E-state index is -0.807. The molecule has 1 N–H and O–H groups in total. The van der Waals surface area contributed by atoms with Crippen LogP contribution in [0.4, 0.5) is 0 Å². The Kier molecular flexibility index (Phi) is 4.20. The molecule has 3 aromatic heterocycles. The molecule has 0 aliphatic carbocycles. The summed E-state index contributed by atoms with van der Waals surface area (Å²) in [6.45, 7) is 0. The molecule has 0 bridgehead atoms. The lowest BCUT2D eigenvalue weighted by Gasteiger charge is -2.21. The van der Waals surface area contributed by atoms with E-state index in [4.69, 9.17) is 8.94 Å². The summed E-state index contributed by atoms with van der Waals surface area (Å²) in [6, 6.07) is 4.34. The lowest BCUT2D eigenvalue weighted by Crippen LogP contribution is -2.43. The molecular formula is C19H14N6O5. The summed E-state index contributed by atoms with van der Waals surface area (Å²) in [4.78, 5) is 48.5. The number of nitrogens with zero attached hydrogens (tertiary/aromatic N) is 5. The molecular weight excluding hydrogens is 392 g/mol. The number of oxazole rings is 1. The Balaban J connectivity index is 1.47. The van der Waals surface area contributed by atoms with Gasteiger partial charge in [-0.15, -0.1) is 0 Å². The van der Waals surface area contributed by atoms with E-state index in [0.717, 1.165) is 5.56 Å². The van der Waals surface area contributed by atoms with Crippen LogP contribution in [0, 0.1) is 0 Å². The number of imide groups is 1. The van der Waals surface area contributed by atoms with Gasteiger partial charge < -0.3 is 8.94 Å². The highest BCUT2D eigenvalue weighted by Gasteiger charge is 2.31. The zero-order chi connectivity index (χ0) is 20.7. The van der Waals surface area contributed by atoms with Crippen LogP contribution in [0.25, 0.3) is 22.6 Å². The average molecular weight is 406 g/mol. The first kappa shape index (κ1) is 17.9. The van der Waals surface area contributed by atoms with Crippen LogP contribution in [0.3, 0.4) is 0 Å². The fraction of sp³-hybridized carbons (Fsp3) is 0.211. The topological polar surface area (TPSA) is 146 Å². The van der Waals surface area contributed by atoms with E-state index in [2.05, 4.69) is 25.4 Å². The van der Waals surface area contributed by atoms with Crippen molar-refractivity contribution in [2.24, 2.45) is 0 Å². The van der Waals surface area contributed by atoms with Gasteiger partial charge in [0.2, 0.25) is 23.5 Å². The monoisotopic (exact) mass is 406 g/mol. The van der Waals surface area contributed by atoms with Crippen LogP contribution in [0.2, 0.25) is 0 Å². The predicted octanol–water partition coefficient (Wildman–Crippen LogP) is 1.00. The van der Waals surface area contributed by atoms with E-state index in [9.17, 15) is 14.4 Å². The van der Waals surface area contributed by atoms with E-state index >= 15 is 0 Å². The lowest BCUT2D eigenvalue weighted by atomic mass is 10.1. The van der Waals surface area contributed by atoms with Crippen molar-refractivity contribution >= 4 is 22.9 Å². The molecule has 1 fully saturated rings. The molecule has 0 spiro atoms. The number of carbonyl (C=O) groups excluding carboxylic acids is 2. The number of hydrogen-bond acceptors (Lipinski definition) is 9. The van der Waals surface area contributed by atoms with Gasteiger partial charge in [0.05, 0.1) is 18.1 Å². The second kappa shape index (κ2) is 7.03. The molecule has 2 amide bonds. The van der Waals surface area contributed by atoms with Crippen molar-refractivity contribution in [2.45, 2.75) is 25.3 Å². The molecule has 4 aromatic rings. The molecule has 1 unspecified atom stereocenters. The van der Waals surface area contributed by atoms with Crippen molar-refractivity contribution in [3.05, 3.63) is 58.8 Å². The van der Waals surface area contributed by atoms with Crippen molar-refractivity contribution in [3.8, 4) is 11.5 Å². The van der Waals surface area contributed by atoms with Crippen LogP contribution in [0.5, 0.6) is 0 Å². The van der Waals surface area contributed by atoms with E-state index in [1.54, 1.807) is 24.4 Å². The summed E-state index contributed by atoms with van der Waals surface area (Å²) in [5, 5.41) is 6.17. The van der Waals surface area contributed by atoms with Gasteiger partial charge in [0, 0.05) is 18.8 Å². The number of hydrogen-bond donors (Lipinski definition) is 1. The first-order valence-corrected chi connectivity index (χ1v) is 9.15. The minimum absolute atomic E-state index is 0.155. The SMILES string of the molecule is O=C1CCC(n2c(=O)oc3ccc(Cc4nc(-c5cnccn5)no4)cc32)C(=O)N1. The highest BCUT2D eigenvalue weighted by Crippen LogP contribution is 2.25. The summed E-state index contributed by atoms with van der Waals surface area (Å²) in [5.74, 6) is -0.851. The molecule has 1 aliphatic heterocycles. The highest BCUT2D eigenvalue weighted by molar-refractivity contribution is 6.00. The Morgan fingerprint density at radius 3 is 2.90 bits per heavy atom. The highest BCUT2D eigenvalue weighted by atomic mass is 16.5. The molecule has 4 heterocycles. The first-order valence-electron chi connectivity index (χ1n) is 9.15. The Morgan fingerprint density at radius 2 is 2.10 bits per heavy atom. The lowest BCUT2D eigenvalue weighted by molar-refractivity contribution is -0.135. The summed E-state index contributed by atoms with van der Waals surface area (Å²) >= 11 is 0. The number of aromatic nitrogens is 5. The normalized spacial score (nSPS) is 16.7. The number of piperidine rings is 1. The van der Waals surface area contributed by atoms with Gasteiger partial charge in [0.15, 0.2) is 5.58 Å². The van der Waals surface area contributed by atoms with E-state index < -0.39 is 17.7 Å². The van der Waals surface area contributed by atoms with E-state index in [1.165, 1.54) is 17.0 Å². The second-order valence-electron chi connectivity index (χ2n) is 6.79. The third-order valence-corrected chi connectivity index (χ3v) is 4.81. The number of nitrogens with one attached hydrogen (secondary N) is 1. The van der Waals surface area contributed by atoms with Gasteiger partial charge in [-0.25, -0.2) is 9.78 Å². The van der Waals surface area contributed by atoms with Crippen molar-refractivity contribution in [1.29, 1.82) is 0 Å². The van der Waals surface area contributed by atoms with Gasteiger partial charge in [0.25, 0.3) is 0 Å². The van der Waals surface area contributed by atoms with Gasteiger partial charge in [0.1, 0.15) is 11.7 Å². The molecule has 1 saturated heterocycles. The molecule has 150 valence electrons. The van der Waals surface area contributed by atoms with Crippen LogP contribution >= 0.6 is 0 Å². The molecule has 1 atom stereocenters. The maximum absolute atomic E-state index is 12.4. The minimum Gasteiger partial charge on any atom is -0.408 e. The van der Waals surface area contributed by atoms with Crippen LogP contribution in [0.1, 0.15) is 30.3 Å². The summed E-state index contributed by atoms with van der Waals surface area (Å²) < 4.78 is 11.8. The number of amides is 2. The van der Waals surface area contributed by atoms with E-state index in [-0.39, 0.29) is 18.7 Å². The molecule has 30 heavy (non-hydrogen) atoms. The van der Waals surface area contributed by atoms with Gasteiger partial charge in [-0.05, 0) is 24.1 Å². The Bertz CT molecular complexity index is 1320. The predicted molar refractivity (Wildman–Crippen MR) is 100 cm³/mol. The molecule has 0 radical (unpaired) electrons. The average Bonchev–Trinajstić information content (AvgIpc) is 3.33.